The van der Waals surface area contributed by atoms with Crippen LogP contribution in [0, 0.1) is 5.82 Å². The lowest BCUT2D eigenvalue weighted by atomic mass is 10.1. The van der Waals surface area contributed by atoms with Gasteiger partial charge in [0.2, 0.25) is 10.0 Å². The van der Waals surface area contributed by atoms with Crippen molar-refractivity contribution in [1.82, 2.24) is 4.31 Å². The molecule has 1 saturated heterocycles. The van der Waals surface area contributed by atoms with Crippen LogP contribution in [0.5, 0.6) is 5.75 Å². The maximum absolute atomic E-state index is 14.3. The van der Waals surface area contributed by atoms with Crippen LogP contribution >= 0.6 is 0 Å². The lowest BCUT2D eigenvalue weighted by Gasteiger charge is -2.26. The Balaban J connectivity index is 1.82. The molecule has 0 spiro atoms. The van der Waals surface area contributed by atoms with Crippen molar-refractivity contribution in [1.29, 1.82) is 0 Å². The first-order valence-corrected chi connectivity index (χ1v) is 10.9. The van der Waals surface area contributed by atoms with Gasteiger partial charge in [0.1, 0.15) is 18.2 Å². The molecule has 0 N–H and O–H groups in total. The van der Waals surface area contributed by atoms with Crippen molar-refractivity contribution in [3.05, 3.63) is 58.9 Å². The summed E-state index contributed by atoms with van der Waals surface area (Å²) in [7, 11) is -2.48. The van der Waals surface area contributed by atoms with Crippen molar-refractivity contribution < 1.29 is 36.6 Å². The second-order valence-corrected chi connectivity index (χ2v) is 8.75. The summed E-state index contributed by atoms with van der Waals surface area (Å²) in [5.74, 6) is -1.73. The summed E-state index contributed by atoms with van der Waals surface area (Å²) in [5.41, 5.74) is 0.314. The first kappa shape index (κ1) is 22.9. The second-order valence-electron chi connectivity index (χ2n) is 6.82. The molecule has 0 aromatic heterocycles. The van der Waals surface area contributed by atoms with Crippen molar-refractivity contribution in [3.63, 3.8) is 0 Å². The van der Waals surface area contributed by atoms with E-state index >= 15 is 0 Å². The number of benzene rings is 2. The van der Waals surface area contributed by atoms with E-state index in [0.29, 0.717) is 16.9 Å². The van der Waals surface area contributed by atoms with Crippen LogP contribution in [0.3, 0.4) is 0 Å². The van der Waals surface area contributed by atoms with Crippen molar-refractivity contribution >= 4 is 21.8 Å². The number of halogens is 1. The maximum Gasteiger partial charge on any atom is 0.341 e. The Labute approximate surface area is 179 Å². The van der Waals surface area contributed by atoms with Gasteiger partial charge in [-0.1, -0.05) is 0 Å². The number of esters is 1. The first-order valence-electron chi connectivity index (χ1n) is 9.46. The van der Waals surface area contributed by atoms with Gasteiger partial charge in [-0.25, -0.2) is 17.6 Å². The molecule has 0 unspecified atom stereocenters. The minimum absolute atomic E-state index is 0.172. The van der Waals surface area contributed by atoms with E-state index in [1.54, 1.807) is 12.1 Å². The lowest BCUT2D eigenvalue weighted by molar-refractivity contribution is 0.0464. The Morgan fingerprint density at radius 3 is 2.48 bits per heavy atom. The highest BCUT2D eigenvalue weighted by Gasteiger charge is 2.28. The van der Waals surface area contributed by atoms with Gasteiger partial charge in [-0.15, -0.1) is 0 Å². The van der Waals surface area contributed by atoms with Crippen molar-refractivity contribution in [2.24, 2.45) is 0 Å². The van der Waals surface area contributed by atoms with E-state index < -0.39 is 27.4 Å². The molecular formula is C21H22FNO7S. The van der Waals surface area contributed by atoms with Crippen LogP contribution in [0.25, 0.3) is 0 Å². The van der Waals surface area contributed by atoms with Gasteiger partial charge in [0, 0.05) is 24.2 Å². The van der Waals surface area contributed by atoms with Gasteiger partial charge >= 0.3 is 5.97 Å². The molecule has 8 nitrogen and oxygen atoms in total. The number of rotatable bonds is 7. The smallest absolute Gasteiger partial charge is 0.341 e. The highest BCUT2D eigenvalue weighted by molar-refractivity contribution is 7.89. The topological polar surface area (TPSA) is 99.2 Å². The van der Waals surface area contributed by atoms with Crippen LogP contribution < -0.4 is 4.74 Å². The Kier molecular flexibility index (Phi) is 7.04. The van der Waals surface area contributed by atoms with E-state index in [9.17, 15) is 22.4 Å². The molecule has 0 aliphatic carbocycles. The van der Waals surface area contributed by atoms with E-state index in [-0.39, 0.29) is 43.6 Å². The maximum atomic E-state index is 14.3. The quantitative estimate of drug-likeness (QED) is 0.471. The Morgan fingerprint density at radius 2 is 1.84 bits per heavy atom. The summed E-state index contributed by atoms with van der Waals surface area (Å²) in [5, 5.41) is 0. The lowest BCUT2D eigenvalue weighted by Crippen LogP contribution is -2.40. The van der Waals surface area contributed by atoms with Crippen molar-refractivity contribution in [2.75, 3.05) is 33.4 Å². The van der Waals surface area contributed by atoms with Gasteiger partial charge in [-0.3, -0.25) is 4.79 Å². The minimum atomic E-state index is -3.91. The molecule has 0 atom stereocenters. The molecule has 0 amide bonds. The van der Waals surface area contributed by atoms with E-state index in [4.69, 9.17) is 14.2 Å². The number of carbonyl (C=O) groups excluding carboxylic acids is 2. The fraction of sp³-hybridized carbons (Fsp3) is 0.333. The van der Waals surface area contributed by atoms with E-state index in [2.05, 4.69) is 0 Å². The number of hydrogen-bond acceptors (Lipinski definition) is 7. The normalized spacial score (nSPS) is 14.8. The third kappa shape index (κ3) is 5.09. The van der Waals surface area contributed by atoms with Crippen molar-refractivity contribution in [2.45, 2.75) is 18.4 Å². The van der Waals surface area contributed by atoms with Crippen LogP contribution in [0.15, 0.2) is 41.3 Å². The first-order chi connectivity index (χ1) is 14.7. The molecule has 1 fully saturated rings. The van der Waals surface area contributed by atoms with Crippen LogP contribution in [0.4, 0.5) is 4.39 Å². The Hall–Kier alpha value is -2.82. The molecule has 166 valence electrons. The fourth-order valence-corrected chi connectivity index (χ4v) is 4.52. The van der Waals surface area contributed by atoms with E-state index in [1.807, 2.05) is 0 Å². The zero-order valence-corrected chi connectivity index (χ0v) is 17.9. The molecule has 2 aromatic carbocycles. The van der Waals surface area contributed by atoms with E-state index in [0.717, 1.165) is 18.2 Å². The zero-order valence-electron chi connectivity index (χ0n) is 17.1. The van der Waals surface area contributed by atoms with Gasteiger partial charge < -0.3 is 14.2 Å². The number of Topliss-reactive ketones (excluding diaryl/α,β-unsaturated/α-hetero) is 1. The monoisotopic (exact) mass is 451 g/mol. The standard InChI is InChI=1S/C21H22FNO7S/c1-14(24)15-3-6-20(28-2)16(11-15)13-30-21(25)18-12-17(4-5-19(18)22)31(26,27)23-7-9-29-10-8-23/h3-6,11-12H,7-10,13H2,1-2H3. The molecule has 0 bridgehead atoms. The number of hydrogen-bond donors (Lipinski definition) is 0. The summed E-state index contributed by atoms with van der Waals surface area (Å²) >= 11 is 0. The molecule has 1 aliphatic rings. The van der Waals surface area contributed by atoms with Gasteiger partial charge in [0.05, 0.1) is 30.8 Å². The van der Waals surface area contributed by atoms with Crippen LogP contribution in [0.1, 0.15) is 33.2 Å². The molecule has 0 saturated carbocycles. The SMILES string of the molecule is COc1ccc(C(C)=O)cc1COC(=O)c1cc(S(=O)(=O)N2CCOCC2)ccc1F. The van der Waals surface area contributed by atoms with Gasteiger partial charge in [0.15, 0.2) is 5.78 Å². The zero-order chi connectivity index (χ0) is 22.6. The number of sulfonamides is 1. The fourth-order valence-electron chi connectivity index (χ4n) is 3.09. The van der Waals surface area contributed by atoms with E-state index in [1.165, 1.54) is 24.4 Å². The largest absolute Gasteiger partial charge is 0.496 e. The average Bonchev–Trinajstić information content (AvgIpc) is 2.77. The molecule has 31 heavy (non-hydrogen) atoms. The Morgan fingerprint density at radius 1 is 1.13 bits per heavy atom. The van der Waals surface area contributed by atoms with Crippen LogP contribution in [-0.2, 0) is 26.1 Å². The predicted molar refractivity (Wildman–Crippen MR) is 108 cm³/mol. The summed E-state index contributed by atoms with van der Waals surface area (Å²) in [6, 6.07) is 7.65. The van der Waals surface area contributed by atoms with Crippen LogP contribution in [0.2, 0.25) is 0 Å². The Bertz CT molecular complexity index is 1090. The molecule has 10 heteroatoms. The number of ketones is 1. The van der Waals surface area contributed by atoms with Gasteiger partial charge in [-0.05, 0) is 43.3 Å². The van der Waals surface area contributed by atoms with Gasteiger partial charge in [0.25, 0.3) is 0 Å². The van der Waals surface area contributed by atoms with Crippen molar-refractivity contribution in [3.8, 4) is 5.75 Å². The summed E-state index contributed by atoms with van der Waals surface area (Å²) in [6.45, 7) is 1.97. The molecular weight excluding hydrogens is 429 g/mol. The highest BCUT2D eigenvalue weighted by Crippen LogP contribution is 2.24. The summed E-state index contributed by atoms with van der Waals surface area (Å²) in [4.78, 5) is 23.9. The molecule has 2 aromatic rings. The third-order valence-electron chi connectivity index (χ3n) is 4.81. The molecule has 0 radical (unpaired) electrons. The number of carbonyl (C=O) groups is 2. The second kappa shape index (κ2) is 9.54. The minimum Gasteiger partial charge on any atom is -0.496 e. The highest BCUT2D eigenvalue weighted by atomic mass is 32.2. The summed E-state index contributed by atoms with van der Waals surface area (Å²) in [6.07, 6.45) is 0. The number of morpholine rings is 1. The number of ether oxygens (including phenoxy) is 3. The summed E-state index contributed by atoms with van der Waals surface area (Å²) < 4.78 is 56.6. The number of methoxy groups -OCH3 is 1. The molecule has 1 aliphatic heterocycles. The predicted octanol–water partition coefficient (Wildman–Crippen LogP) is 2.41. The molecule has 3 rings (SSSR count). The molecule has 1 heterocycles. The third-order valence-corrected chi connectivity index (χ3v) is 6.71. The van der Waals surface area contributed by atoms with Crippen LogP contribution in [-0.4, -0.2) is 57.9 Å². The van der Waals surface area contributed by atoms with Gasteiger partial charge in [-0.2, -0.15) is 4.31 Å². The average molecular weight is 451 g/mol. The number of nitrogens with zero attached hydrogens (tertiary/aromatic N) is 1.